The standard InChI is InChI=1S/C28H31N7O4S/c1-4-29-26(38)34-27-33-22-12-17(18-14-31-25(32-15-18)28(2,3)39)11-20(23(22)40-27)21-13-19(5-8-30-21)35-9-6-16(7-10-35)24(36)37/h5,8,11-16,39H,4,6-7,9-10H2,1-3H3,(H,36,37)(H2,29,33,34,38). The highest BCUT2D eigenvalue weighted by molar-refractivity contribution is 7.22. The molecule has 0 aliphatic carbocycles. The van der Waals surface area contributed by atoms with Gasteiger partial charge in [-0.15, -0.1) is 0 Å². The lowest BCUT2D eigenvalue weighted by Gasteiger charge is -2.32. The second-order valence-electron chi connectivity index (χ2n) is 10.2. The number of hydrogen-bond donors (Lipinski definition) is 4. The number of thiazole rings is 1. The summed E-state index contributed by atoms with van der Waals surface area (Å²) in [7, 11) is 0. The summed E-state index contributed by atoms with van der Waals surface area (Å²) in [5, 5.41) is 25.6. The number of aliphatic hydroxyl groups is 1. The zero-order valence-corrected chi connectivity index (χ0v) is 23.3. The molecule has 0 spiro atoms. The van der Waals surface area contributed by atoms with Crippen molar-refractivity contribution < 1.29 is 19.8 Å². The number of benzene rings is 1. The van der Waals surface area contributed by atoms with Gasteiger partial charge in [0.15, 0.2) is 11.0 Å². The first kappa shape index (κ1) is 27.4. The van der Waals surface area contributed by atoms with E-state index in [1.54, 1.807) is 32.4 Å². The Balaban J connectivity index is 1.56. The van der Waals surface area contributed by atoms with Crippen LogP contribution in [0.2, 0.25) is 0 Å². The molecule has 1 aliphatic rings. The van der Waals surface area contributed by atoms with Crippen molar-refractivity contribution in [3.63, 3.8) is 0 Å². The highest BCUT2D eigenvalue weighted by atomic mass is 32.1. The van der Waals surface area contributed by atoms with E-state index in [9.17, 15) is 19.8 Å². The van der Waals surface area contributed by atoms with Gasteiger partial charge in [0.2, 0.25) is 0 Å². The Hall–Kier alpha value is -4.16. The predicted octanol–water partition coefficient (Wildman–Crippen LogP) is 4.49. The number of carboxylic acids is 1. The second kappa shape index (κ2) is 11.1. The number of carbonyl (C=O) groups is 2. The van der Waals surface area contributed by atoms with Crippen molar-refractivity contribution in [3.8, 4) is 22.4 Å². The van der Waals surface area contributed by atoms with Crippen molar-refractivity contribution >= 4 is 44.4 Å². The van der Waals surface area contributed by atoms with Crippen molar-refractivity contribution in [2.75, 3.05) is 29.9 Å². The molecule has 1 aliphatic heterocycles. The number of nitrogens with one attached hydrogen (secondary N) is 2. The number of aromatic nitrogens is 4. The van der Waals surface area contributed by atoms with Crippen LogP contribution in [0.4, 0.5) is 15.6 Å². The van der Waals surface area contributed by atoms with Gasteiger partial charge in [-0.2, -0.15) is 0 Å². The molecule has 0 bridgehead atoms. The molecule has 4 aromatic rings. The molecule has 5 rings (SSSR count). The van der Waals surface area contributed by atoms with Crippen LogP contribution in [-0.2, 0) is 10.4 Å². The summed E-state index contributed by atoms with van der Waals surface area (Å²) in [5.74, 6) is -0.733. The van der Waals surface area contributed by atoms with Crippen LogP contribution in [0.1, 0.15) is 39.4 Å². The first-order chi connectivity index (χ1) is 19.1. The van der Waals surface area contributed by atoms with Crippen LogP contribution in [0.5, 0.6) is 0 Å². The third kappa shape index (κ3) is 5.87. The minimum atomic E-state index is -1.16. The number of hydrogen-bond acceptors (Lipinski definition) is 9. The third-order valence-electron chi connectivity index (χ3n) is 6.81. The molecule has 40 heavy (non-hydrogen) atoms. The van der Waals surface area contributed by atoms with Crippen molar-refractivity contribution in [1.29, 1.82) is 0 Å². The second-order valence-corrected chi connectivity index (χ2v) is 11.2. The van der Waals surface area contributed by atoms with E-state index in [1.165, 1.54) is 11.3 Å². The van der Waals surface area contributed by atoms with Gasteiger partial charge < -0.3 is 20.4 Å². The molecule has 0 atom stereocenters. The Morgan fingerprint density at radius 2 is 1.82 bits per heavy atom. The molecule has 4 heterocycles. The predicted molar refractivity (Wildman–Crippen MR) is 154 cm³/mol. The Kier molecular flexibility index (Phi) is 7.63. The summed E-state index contributed by atoms with van der Waals surface area (Å²) >= 11 is 1.36. The van der Waals surface area contributed by atoms with Gasteiger partial charge in [0.1, 0.15) is 5.60 Å². The van der Waals surface area contributed by atoms with E-state index in [4.69, 9.17) is 0 Å². The molecule has 1 aromatic carbocycles. The van der Waals surface area contributed by atoms with Crippen molar-refractivity contribution in [1.82, 2.24) is 25.3 Å². The van der Waals surface area contributed by atoms with Crippen LogP contribution in [-0.4, -0.2) is 61.8 Å². The number of anilines is 2. The van der Waals surface area contributed by atoms with Gasteiger partial charge in [0.05, 0.1) is 21.8 Å². The quantitative estimate of drug-likeness (QED) is 0.256. The number of piperidine rings is 1. The maximum absolute atomic E-state index is 12.2. The average Bonchev–Trinajstić information content (AvgIpc) is 3.34. The summed E-state index contributed by atoms with van der Waals surface area (Å²) in [6, 6.07) is 7.53. The summed E-state index contributed by atoms with van der Waals surface area (Å²) in [4.78, 5) is 43.8. The van der Waals surface area contributed by atoms with Gasteiger partial charge in [0, 0.05) is 55.0 Å². The normalized spacial score (nSPS) is 14.3. The van der Waals surface area contributed by atoms with E-state index in [1.807, 2.05) is 31.2 Å². The number of rotatable bonds is 7. The Morgan fingerprint density at radius 3 is 2.48 bits per heavy atom. The Morgan fingerprint density at radius 1 is 1.10 bits per heavy atom. The molecular weight excluding hydrogens is 530 g/mol. The fourth-order valence-electron chi connectivity index (χ4n) is 4.69. The lowest BCUT2D eigenvalue weighted by Crippen LogP contribution is -2.36. The minimum absolute atomic E-state index is 0.313. The van der Waals surface area contributed by atoms with Crippen molar-refractivity contribution in [2.24, 2.45) is 5.92 Å². The largest absolute Gasteiger partial charge is 0.481 e. The van der Waals surface area contributed by atoms with Gasteiger partial charge >= 0.3 is 12.0 Å². The van der Waals surface area contributed by atoms with Gasteiger partial charge in [-0.25, -0.2) is 19.7 Å². The molecule has 0 unspecified atom stereocenters. The van der Waals surface area contributed by atoms with E-state index >= 15 is 0 Å². The van der Waals surface area contributed by atoms with Gasteiger partial charge in [-0.05, 0) is 63.4 Å². The number of carboxylic acid groups (broad SMARTS) is 1. The Labute approximate surface area is 235 Å². The SMILES string of the molecule is CCNC(=O)Nc1nc2cc(-c3cnc(C(C)(C)O)nc3)cc(-c3cc(N4CCC(C(=O)O)CC4)ccn3)c2s1. The zero-order valence-electron chi connectivity index (χ0n) is 22.5. The molecule has 1 fully saturated rings. The maximum atomic E-state index is 12.2. The highest BCUT2D eigenvalue weighted by Crippen LogP contribution is 2.39. The molecule has 1 saturated heterocycles. The van der Waals surface area contributed by atoms with Crippen molar-refractivity contribution in [2.45, 2.75) is 39.2 Å². The molecule has 3 aromatic heterocycles. The molecular formula is C28H31N7O4S. The number of fused-ring (bicyclic) bond motifs is 1. The third-order valence-corrected chi connectivity index (χ3v) is 7.83. The van der Waals surface area contributed by atoms with E-state index < -0.39 is 11.6 Å². The van der Waals surface area contributed by atoms with Crippen LogP contribution >= 0.6 is 11.3 Å². The molecule has 0 saturated carbocycles. The van der Waals surface area contributed by atoms with Crippen LogP contribution in [0.25, 0.3) is 32.6 Å². The van der Waals surface area contributed by atoms with Crippen LogP contribution in [0, 0.1) is 5.92 Å². The van der Waals surface area contributed by atoms with E-state index in [0.29, 0.717) is 48.9 Å². The van der Waals surface area contributed by atoms with Gasteiger partial charge in [0.25, 0.3) is 0 Å². The minimum Gasteiger partial charge on any atom is -0.481 e. The number of aliphatic carboxylic acids is 1. The molecule has 208 valence electrons. The van der Waals surface area contributed by atoms with Crippen LogP contribution < -0.4 is 15.5 Å². The molecule has 12 heteroatoms. The number of pyridine rings is 1. The zero-order chi connectivity index (χ0) is 28.4. The fourth-order valence-corrected chi connectivity index (χ4v) is 5.65. The smallest absolute Gasteiger partial charge is 0.321 e. The molecule has 11 nitrogen and oxygen atoms in total. The average molecular weight is 562 g/mol. The Bertz CT molecular complexity index is 1540. The van der Waals surface area contributed by atoms with Crippen molar-refractivity contribution in [3.05, 3.63) is 48.7 Å². The van der Waals surface area contributed by atoms with Gasteiger partial charge in [-0.3, -0.25) is 15.1 Å². The first-order valence-corrected chi connectivity index (χ1v) is 13.9. The topological polar surface area (TPSA) is 153 Å². The molecule has 0 radical (unpaired) electrons. The molecule has 2 amide bonds. The van der Waals surface area contributed by atoms with Crippen LogP contribution in [0.15, 0.2) is 42.9 Å². The molecule has 4 N–H and O–H groups in total. The monoisotopic (exact) mass is 561 g/mol. The first-order valence-electron chi connectivity index (χ1n) is 13.1. The highest BCUT2D eigenvalue weighted by Gasteiger charge is 2.25. The van der Waals surface area contributed by atoms with E-state index in [2.05, 4.69) is 35.5 Å². The summed E-state index contributed by atoms with van der Waals surface area (Å²) in [5.41, 5.74) is 3.62. The lowest BCUT2D eigenvalue weighted by molar-refractivity contribution is -0.142. The lowest BCUT2D eigenvalue weighted by atomic mass is 9.96. The number of nitrogens with zero attached hydrogens (tertiary/aromatic N) is 5. The van der Waals surface area contributed by atoms with Gasteiger partial charge in [-0.1, -0.05) is 11.3 Å². The van der Waals surface area contributed by atoms with E-state index in [0.717, 1.165) is 32.8 Å². The van der Waals surface area contributed by atoms with Crippen LogP contribution in [0.3, 0.4) is 0 Å². The maximum Gasteiger partial charge on any atom is 0.321 e. The fraction of sp³-hybridized carbons (Fsp3) is 0.357. The number of urea groups is 1. The number of carbonyl (C=O) groups excluding carboxylic acids is 1. The number of amides is 2. The van der Waals surface area contributed by atoms with E-state index in [-0.39, 0.29) is 11.9 Å². The summed E-state index contributed by atoms with van der Waals surface area (Å²) in [6.07, 6.45) is 6.28. The summed E-state index contributed by atoms with van der Waals surface area (Å²) < 4.78 is 0.860. The summed E-state index contributed by atoms with van der Waals surface area (Å²) in [6.45, 7) is 6.91.